The highest BCUT2D eigenvalue weighted by Crippen LogP contribution is 2.24. The second-order valence-electron chi connectivity index (χ2n) is 3.00. The largest absolute Gasteiger partial charge is 0.390 e. The quantitative estimate of drug-likeness (QED) is 0.868. The summed E-state index contributed by atoms with van der Waals surface area (Å²) >= 11 is 9.35. The van der Waals surface area contributed by atoms with Gasteiger partial charge in [-0.05, 0) is 28.9 Å². The third kappa shape index (κ3) is 1.43. The van der Waals surface area contributed by atoms with E-state index in [4.69, 9.17) is 16.7 Å². The van der Waals surface area contributed by atoms with Crippen LogP contribution in [0.1, 0.15) is 11.4 Å². The van der Waals surface area contributed by atoms with Gasteiger partial charge in [0.05, 0.1) is 23.0 Å². The third-order valence-corrected chi connectivity index (χ3v) is 2.80. The van der Waals surface area contributed by atoms with Crippen molar-refractivity contribution >= 4 is 33.2 Å². The molecule has 74 valence electrons. The molecule has 0 saturated heterocycles. The van der Waals surface area contributed by atoms with Crippen LogP contribution in [0.25, 0.3) is 5.65 Å². The first-order chi connectivity index (χ1) is 6.63. The molecule has 3 nitrogen and oxygen atoms in total. The van der Waals surface area contributed by atoms with Gasteiger partial charge in [0.2, 0.25) is 0 Å². The van der Waals surface area contributed by atoms with Gasteiger partial charge in [-0.15, -0.1) is 0 Å². The second kappa shape index (κ2) is 3.53. The summed E-state index contributed by atoms with van der Waals surface area (Å²) in [6, 6.07) is 1.78. The van der Waals surface area contributed by atoms with Crippen LogP contribution in [-0.4, -0.2) is 14.5 Å². The zero-order valence-electron chi connectivity index (χ0n) is 7.46. The van der Waals surface area contributed by atoms with Gasteiger partial charge in [0.15, 0.2) is 5.65 Å². The van der Waals surface area contributed by atoms with Crippen LogP contribution in [0, 0.1) is 6.92 Å². The van der Waals surface area contributed by atoms with Gasteiger partial charge in [-0.25, -0.2) is 4.98 Å². The van der Waals surface area contributed by atoms with Crippen molar-refractivity contribution in [2.45, 2.75) is 13.5 Å². The Labute approximate surface area is 94.5 Å². The summed E-state index contributed by atoms with van der Waals surface area (Å²) in [7, 11) is 0. The molecule has 5 heteroatoms. The molecule has 0 saturated carbocycles. The predicted molar refractivity (Wildman–Crippen MR) is 58.6 cm³/mol. The fourth-order valence-corrected chi connectivity index (χ4v) is 2.24. The fourth-order valence-electron chi connectivity index (χ4n) is 1.42. The van der Waals surface area contributed by atoms with E-state index >= 15 is 0 Å². The number of hydrogen-bond acceptors (Lipinski definition) is 2. The molecule has 0 radical (unpaired) electrons. The second-order valence-corrected chi connectivity index (χ2v) is 4.32. The fraction of sp³-hybridized carbons (Fsp3) is 0.222. The van der Waals surface area contributed by atoms with Crippen LogP contribution in [0.5, 0.6) is 0 Å². The lowest BCUT2D eigenvalue weighted by molar-refractivity contribution is 0.275. The van der Waals surface area contributed by atoms with Crippen LogP contribution in [0.15, 0.2) is 16.7 Å². The SMILES string of the molecule is Cc1nc2c(Cl)cc(Br)cn2c1CO. The number of rotatable bonds is 1. The summed E-state index contributed by atoms with van der Waals surface area (Å²) in [5.41, 5.74) is 2.24. The zero-order valence-corrected chi connectivity index (χ0v) is 9.80. The van der Waals surface area contributed by atoms with Crippen molar-refractivity contribution in [2.75, 3.05) is 0 Å². The van der Waals surface area contributed by atoms with Gasteiger partial charge in [-0.1, -0.05) is 11.6 Å². The normalized spacial score (nSPS) is 11.1. The maximum atomic E-state index is 9.17. The van der Waals surface area contributed by atoms with Crippen LogP contribution in [0.3, 0.4) is 0 Å². The molecule has 0 aliphatic heterocycles. The number of imidazole rings is 1. The van der Waals surface area contributed by atoms with E-state index in [1.165, 1.54) is 0 Å². The maximum Gasteiger partial charge on any atom is 0.156 e. The number of nitrogens with zero attached hydrogens (tertiary/aromatic N) is 2. The Morgan fingerprint density at radius 1 is 1.64 bits per heavy atom. The van der Waals surface area contributed by atoms with E-state index in [2.05, 4.69) is 20.9 Å². The Kier molecular flexibility index (Phi) is 2.51. The number of fused-ring (bicyclic) bond motifs is 1. The molecule has 0 bridgehead atoms. The summed E-state index contributed by atoms with van der Waals surface area (Å²) in [6.45, 7) is 1.81. The topological polar surface area (TPSA) is 37.5 Å². The van der Waals surface area contributed by atoms with Crippen molar-refractivity contribution < 1.29 is 5.11 Å². The molecule has 2 aromatic heterocycles. The number of aliphatic hydroxyl groups is 1. The number of halogens is 2. The van der Waals surface area contributed by atoms with Gasteiger partial charge in [0, 0.05) is 10.7 Å². The Morgan fingerprint density at radius 2 is 2.36 bits per heavy atom. The molecule has 0 aromatic carbocycles. The number of hydrogen-bond donors (Lipinski definition) is 1. The number of pyridine rings is 1. The Balaban J connectivity index is 2.87. The molecule has 0 atom stereocenters. The Morgan fingerprint density at radius 3 is 3.00 bits per heavy atom. The molecular weight excluding hydrogens is 267 g/mol. The molecular formula is C9H8BrClN2O. The highest BCUT2D eigenvalue weighted by molar-refractivity contribution is 9.10. The van der Waals surface area contributed by atoms with E-state index in [0.29, 0.717) is 10.7 Å². The van der Waals surface area contributed by atoms with E-state index in [1.54, 1.807) is 10.5 Å². The van der Waals surface area contributed by atoms with Crippen LogP contribution in [-0.2, 0) is 6.61 Å². The van der Waals surface area contributed by atoms with Crippen molar-refractivity contribution in [3.8, 4) is 0 Å². The maximum absolute atomic E-state index is 9.17. The predicted octanol–water partition coefficient (Wildman–Crippen LogP) is 2.55. The summed E-state index contributed by atoms with van der Waals surface area (Å²) in [5, 5.41) is 9.74. The highest BCUT2D eigenvalue weighted by Gasteiger charge is 2.10. The lowest BCUT2D eigenvalue weighted by Gasteiger charge is -2.00. The monoisotopic (exact) mass is 274 g/mol. The summed E-state index contributed by atoms with van der Waals surface area (Å²) < 4.78 is 2.66. The smallest absolute Gasteiger partial charge is 0.156 e. The standard InChI is InChI=1S/C9H8BrClN2O/c1-5-8(4-14)13-3-6(10)2-7(11)9(13)12-5/h2-3,14H,4H2,1H3. The van der Waals surface area contributed by atoms with E-state index in [-0.39, 0.29) is 6.61 Å². The molecule has 0 unspecified atom stereocenters. The van der Waals surface area contributed by atoms with Gasteiger partial charge in [0.1, 0.15) is 0 Å². The molecule has 0 aliphatic rings. The minimum absolute atomic E-state index is 0.0419. The summed E-state index contributed by atoms with van der Waals surface area (Å²) in [6.07, 6.45) is 1.84. The van der Waals surface area contributed by atoms with Crippen LogP contribution >= 0.6 is 27.5 Å². The number of aryl methyl sites for hydroxylation is 1. The van der Waals surface area contributed by atoms with Crippen LogP contribution in [0.2, 0.25) is 5.02 Å². The van der Waals surface area contributed by atoms with Gasteiger partial charge in [0.25, 0.3) is 0 Å². The van der Waals surface area contributed by atoms with Crippen molar-refractivity contribution in [3.05, 3.63) is 33.1 Å². The first kappa shape index (κ1) is 9.96. The average Bonchev–Trinajstić information content (AvgIpc) is 2.41. The van der Waals surface area contributed by atoms with E-state index in [0.717, 1.165) is 15.9 Å². The van der Waals surface area contributed by atoms with Gasteiger partial charge in [-0.2, -0.15) is 0 Å². The Bertz CT molecular complexity index is 495. The third-order valence-electron chi connectivity index (χ3n) is 2.09. The van der Waals surface area contributed by atoms with E-state index in [1.807, 2.05) is 13.1 Å². The Hall–Kier alpha value is -0.580. The first-order valence-corrected chi connectivity index (χ1v) is 5.24. The molecule has 0 amide bonds. The highest BCUT2D eigenvalue weighted by atomic mass is 79.9. The number of aromatic nitrogens is 2. The zero-order chi connectivity index (χ0) is 10.3. The molecule has 2 rings (SSSR count). The van der Waals surface area contributed by atoms with E-state index < -0.39 is 0 Å². The molecule has 0 spiro atoms. The minimum atomic E-state index is -0.0419. The molecule has 1 N–H and O–H groups in total. The molecule has 0 fully saturated rings. The van der Waals surface area contributed by atoms with Crippen LogP contribution < -0.4 is 0 Å². The number of aliphatic hydroxyl groups excluding tert-OH is 1. The van der Waals surface area contributed by atoms with Crippen LogP contribution in [0.4, 0.5) is 0 Å². The van der Waals surface area contributed by atoms with Crippen molar-refractivity contribution in [1.82, 2.24) is 9.38 Å². The van der Waals surface area contributed by atoms with Gasteiger partial charge < -0.3 is 5.11 Å². The minimum Gasteiger partial charge on any atom is -0.390 e. The summed E-state index contributed by atoms with van der Waals surface area (Å²) in [4.78, 5) is 4.27. The molecule has 14 heavy (non-hydrogen) atoms. The van der Waals surface area contributed by atoms with E-state index in [9.17, 15) is 0 Å². The van der Waals surface area contributed by atoms with Crippen molar-refractivity contribution in [3.63, 3.8) is 0 Å². The lowest BCUT2D eigenvalue weighted by Crippen LogP contribution is -1.94. The molecule has 2 heterocycles. The molecule has 2 aromatic rings. The lowest BCUT2D eigenvalue weighted by atomic mass is 10.3. The van der Waals surface area contributed by atoms with Crippen molar-refractivity contribution in [2.24, 2.45) is 0 Å². The van der Waals surface area contributed by atoms with Gasteiger partial charge in [-0.3, -0.25) is 4.40 Å². The first-order valence-electron chi connectivity index (χ1n) is 4.07. The average molecular weight is 276 g/mol. The van der Waals surface area contributed by atoms with Gasteiger partial charge >= 0.3 is 0 Å². The molecule has 0 aliphatic carbocycles. The summed E-state index contributed by atoms with van der Waals surface area (Å²) in [5.74, 6) is 0. The van der Waals surface area contributed by atoms with Crippen molar-refractivity contribution in [1.29, 1.82) is 0 Å².